The van der Waals surface area contributed by atoms with Crippen molar-refractivity contribution in [3.8, 4) is 0 Å². The molecule has 2 aromatic carbocycles. The van der Waals surface area contributed by atoms with Crippen molar-refractivity contribution in [3.63, 3.8) is 0 Å². The van der Waals surface area contributed by atoms with Crippen molar-refractivity contribution in [2.45, 2.75) is 19.4 Å². The van der Waals surface area contributed by atoms with Gasteiger partial charge in [0.2, 0.25) is 0 Å². The Morgan fingerprint density at radius 2 is 1.95 bits per heavy atom. The Bertz CT molecular complexity index is 634. The summed E-state index contributed by atoms with van der Waals surface area (Å²) in [6, 6.07) is 10.7. The highest BCUT2D eigenvalue weighted by molar-refractivity contribution is 9.10. The fourth-order valence-corrected chi connectivity index (χ4v) is 3.39. The second-order valence-electron chi connectivity index (χ2n) is 4.69. The normalized spacial score (nSPS) is 12.4. The summed E-state index contributed by atoms with van der Waals surface area (Å²) >= 11 is 13.3. The minimum absolute atomic E-state index is 0.0711. The summed E-state index contributed by atoms with van der Waals surface area (Å²) in [4.78, 5) is 0. The van der Waals surface area contributed by atoms with Gasteiger partial charge in [-0.3, -0.25) is 0 Å². The Morgan fingerprint density at radius 1 is 1.19 bits per heavy atom. The summed E-state index contributed by atoms with van der Waals surface area (Å²) in [5.74, 6) is -0.244. The monoisotopic (exact) mass is 433 g/mol. The van der Waals surface area contributed by atoms with Crippen LogP contribution in [0.25, 0.3) is 0 Å². The molecule has 1 N–H and O–H groups in total. The third kappa shape index (κ3) is 4.28. The first kappa shape index (κ1) is 16.9. The molecule has 0 heterocycles. The van der Waals surface area contributed by atoms with Crippen LogP contribution in [-0.4, -0.2) is 6.54 Å². The Hall–Kier alpha value is -0.420. The summed E-state index contributed by atoms with van der Waals surface area (Å²) in [7, 11) is 0. The average molecular weight is 436 g/mol. The van der Waals surface area contributed by atoms with Crippen LogP contribution in [0.1, 0.15) is 24.1 Å². The maximum absolute atomic E-state index is 13.2. The predicted molar refractivity (Wildman–Crippen MR) is 93.4 cm³/mol. The topological polar surface area (TPSA) is 12.0 Å². The number of hydrogen-bond acceptors (Lipinski definition) is 1. The van der Waals surface area contributed by atoms with Crippen LogP contribution in [0.4, 0.5) is 4.39 Å². The molecular formula is C16H15Br2ClFN. The second-order valence-corrected chi connectivity index (χ2v) is 6.78. The van der Waals surface area contributed by atoms with Gasteiger partial charge in [0, 0.05) is 15.0 Å². The first-order valence-corrected chi connectivity index (χ1v) is 8.60. The van der Waals surface area contributed by atoms with E-state index >= 15 is 0 Å². The number of likely N-dealkylation sites (N-methyl/N-ethyl adjacent to an activating group) is 1. The van der Waals surface area contributed by atoms with Crippen molar-refractivity contribution in [1.82, 2.24) is 5.32 Å². The van der Waals surface area contributed by atoms with E-state index < -0.39 is 0 Å². The number of nitrogens with one attached hydrogen (secondary N) is 1. The molecule has 0 amide bonds. The van der Waals surface area contributed by atoms with E-state index in [-0.39, 0.29) is 11.9 Å². The molecular weight excluding hydrogens is 420 g/mol. The third-order valence-corrected chi connectivity index (χ3v) is 5.30. The molecule has 1 unspecified atom stereocenters. The molecule has 0 aliphatic rings. The van der Waals surface area contributed by atoms with E-state index in [4.69, 9.17) is 11.6 Å². The number of rotatable bonds is 5. The number of hydrogen-bond donors (Lipinski definition) is 1. The lowest BCUT2D eigenvalue weighted by Crippen LogP contribution is -2.23. The highest BCUT2D eigenvalue weighted by atomic mass is 79.9. The van der Waals surface area contributed by atoms with Crippen molar-refractivity contribution >= 4 is 43.5 Å². The van der Waals surface area contributed by atoms with Crippen LogP contribution in [0.3, 0.4) is 0 Å². The minimum Gasteiger partial charge on any atom is -0.310 e. The minimum atomic E-state index is -0.244. The van der Waals surface area contributed by atoms with Crippen LogP contribution in [0.5, 0.6) is 0 Å². The van der Waals surface area contributed by atoms with E-state index in [0.717, 1.165) is 33.0 Å². The molecule has 0 bridgehead atoms. The molecule has 0 saturated heterocycles. The van der Waals surface area contributed by atoms with Crippen molar-refractivity contribution < 1.29 is 4.39 Å². The van der Waals surface area contributed by atoms with Crippen LogP contribution < -0.4 is 5.32 Å². The molecule has 2 aromatic rings. The zero-order chi connectivity index (χ0) is 15.4. The highest BCUT2D eigenvalue weighted by Crippen LogP contribution is 2.33. The summed E-state index contributed by atoms with van der Waals surface area (Å²) < 4.78 is 14.9. The quantitative estimate of drug-likeness (QED) is 0.617. The first-order valence-electron chi connectivity index (χ1n) is 6.64. The summed E-state index contributed by atoms with van der Waals surface area (Å²) in [5, 5.41) is 4.15. The van der Waals surface area contributed by atoms with Gasteiger partial charge >= 0.3 is 0 Å². The van der Waals surface area contributed by atoms with Gasteiger partial charge in [0.15, 0.2) is 0 Å². The standard InChI is InChI=1S/C16H15Br2ClFN/c1-2-21-15(12-4-3-5-13(17)16(12)19)8-10-6-7-11(20)9-14(10)18/h3-7,9,15,21H,2,8H2,1H3. The third-order valence-electron chi connectivity index (χ3n) is 3.25. The van der Waals surface area contributed by atoms with Crippen molar-refractivity contribution in [2.24, 2.45) is 0 Å². The van der Waals surface area contributed by atoms with Gasteiger partial charge in [0.1, 0.15) is 5.82 Å². The average Bonchev–Trinajstić information content (AvgIpc) is 2.44. The molecule has 5 heteroatoms. The SMILES string of the molecule is CCNC(Cc1ccc(F)cc1Br)c1cccc(Br)c1Cl. The molecule has 2 rings (SSSR count). The smallest absolute Gasteiger partial charge is 0.124 e. The van der Waals surface area contributed by atoms with E-state index in [9.17, 15) is 4.39 Å². The molecule has 1 atom stereocenters. The highest BCUT2D eigenvalue weighted by Gasteiger charge is 2.17. The van der Waals surface area contributed by atoms with Gasteiger partial charge in [-0.1, -0.05) is 52.7 Å². The van der Waals surface area contributed by atoms with E-state index in [1.165, 1.54) is 12.1 Å². The molecule has 0 aliphatic heterocycles. The molecule has 1 nitrogen and oxygen atoms in total. The Kier molecular flexibility index (Phi) is 6.23. The zero-order valence-electron chi connectivity index (χ0n) is 11.5. The van der Waals surface area contributed by atoms with Gasteiger partial charge < -0.3 is 5.32 Å². The van der Waals surface area contributed by atoms with Crippen LogP contribution in [0.15, 0.2) is 45.3 Å². The van der Waals surface area contributed by atoms with Gasteiger partial charge in [-0.15, -0.1) is 0 Å². The molecule has 0 saturated carbocycles. The van der Waals surface area contributed by atoms with Crippen LogP contribution in [-0.2, 0) is 6.42 Å². The summed E-state index contributed by atoms with van der Waals surface area (Å²) in [6.07, 6.45) is 0.727. The maximum Gasteiger partial charge on any atom is 0.124 e. The molecule has 0 aromatic heterocycles. The maximum atomic E-state index is 13.2. The molecule has 0 spiro atoms. The van der Waals surface area contributed by atoms with E-state index in [1.807, 2.05) is 18.2 Å². The summed E-state index contributed by atoms with van der Waals surface area (Å²) in [6.45, 7) is 2.88. The Balaban J connectivity index is 2.33. The van der Waals surface area contributed by atoms with Crippen molar-refractivity contribution in [1.29, 1.82) is 0 Å². The van der Waals surface area contributed by atoms with Crippen molar-refractivity contribution in [2.75, 3.05) is 6.54 Å². The van der Waals surface area contributed by atoms with E-state index in [2.05, 4.69) is 44.1 Å². The van der Waals surface area contributed by atoms with Crippen molar-refractivity contribution in [3.05, 3.63) is 67.3 Å². The van der Waals surface area contributed by atoms with Gasteiger partial charge in [-0.25, -0.2) is 4.39 Å². The second kappa shape index (κ2) is 7.73. The van der Waals surface area contributed by atoms with E-state index in [0.29, 0.717) is 5.02 Å². The lowest BCUT2D eigenvalue weighted by molar-refractivity contribution is 0.547. The molecule has 0 radical (unpaired) electrons. The predicted octanol–water partition coefficient (Wildman–Crippen LogP) is 5.90. The number of benzene rings is 2. The molecule has 112 valence electrons. The van der Waals surface area contributed by atoms with Gasteiger partial charge in [0.25, 0.3) is 0 Å². The Labute approximate surface area is 146 Å². The fraction of sp³-hybridized carbons (Fsp3) is 0.250. The number of halogens is 4. The largest absolute Gasteiger partial charge is 0.310 e. The summed E-state index contributed by atoms with van der Waals surface area (Å²) in [5.41, 5.74) is 2.07. The van der Waals surface area contributed by atoms with Gasteiger partial charge in [0.05, 0.1) is 5.02 Å². The molecule has 21 heavy (non-hydrogen) atoms. The zero-order valence-corrected chi connectivity index (χ0v) is 15.4. The van der Waals surface area contributed by atoms with E-state index in [1.54, 1.807) is 6.07 Å². The fourth-order valence-electron chi connectivity index (χ4n) is 2.24. The van der Waals surface area contributed by atoms with Crippen LogP contribution >= 0.6 is 43.5 Å². The first-order chi connectivity index (χ1) is 10.0. The Morgan fingerprint density at radius 3 is 2.62 bits per heavy atom. The lowest BCUT2D eigenvalue weighted by atomic mass is 9.98. The van der Waals surface area contributed by atoms with Crippen LogP contribution in [0.2, 0.25) is 5.02 Å². The lowest BCUT2D eigenvalue weighted by Gasteiger charge is -2.21. The van der Waals surface area contributed by atoms with Crippen LogP contribution in [0, 0.1) is 5.82 Å². The van der Waals surface area contributed by atoms with Gasteiger partial charge in [-0.05, 0) is 58.2 Å². The molecule has 0 aliphatic carbocycles. The molecule has 0 fully saturated rings. The van der Waals surface area contributed by atoms with Gasteiger partial charge in [-0.2, -0.15) is 0 Å².